The first kappa shape index (κ1) is 19.1. The molecular formula is C25H18N2O3. The number of ether oxygens (including phenoxy) is 1. The van der Waals surface area contributed by atoms with Crippen LogP contribution >= 0.6 is 0 Å². The van der Waals surface area contributed by atoms with Crippen molar-refractivity contribution in [3.05, 3.63) is 115 Å². The van der Waals surface area contributed by atoms with Crippen LogP contribution in [0.2, 0.25) is 0 Å². The van der Waals surface area contributed by atoms with Gasteiger partial charge in [-0.25, -0.2) is 9.78 Å². The van der Waals surface area contributed by atoms with Gasteiger partial charge in [-0.2, -0.15) is 0 Å². The Hall–Kier alpha value is -4.25. The third-order valence-corrected chi connectivity index (χ3v) is 4.57. The predicted octanol–water partition coefficient (Wildman–Crippen LogP) is 5.10. The van der Waals surface area contributed by atoms with E-state index in [1.807, 2.05) is 12.1 Å². The summed E-state index contributed by atoms with van der Waals surface area (Å²) in [6.07, 6.45) is 4.81. The molecule has 0 unspecified atom stereocenters. The third kappa shape index (κ3) is 3.82. The summed E-state index contributed by atoms with van der Waals surface area (Å²) in [4.78, 5) is 30.0. The van der Waals surface area contributed by atoms with Gasteiger partial charge in [-0.05, 0) is 42.0 Å². The molecule has 0 amide bonds. The van der Waals surface area contributed by atoms with Gasteiger partial charge in [-0.3, -0.25) is 9.36 Å². The number of aromatic nitrogens is 2. The lowest BCUT2D eigenvalue weighted by atomic mass is 10.1. The number of rotatable bonds is 5. The van der Waals surface area contributed by atoms with Crippen LogP contribution in [0.4, 0.5) is 0 Å². The molecule has 5 nitrogen and oxygen atoms in total. The lowest BCUT2D eigenvalue weighted by Gasteiger charge is -2.13. The average molecular weight is 394 g/mol. The second-order valence-corrected chi connectivity index (χ2v) is 6.51. The molecule has 146 valence electrons. The Labute approximate surface area is 173 Å². The van der Waals surface area contributed by atoms with Crippen LogP contribution in [0.25, 0.3) is 17.5 Å². The first-order chi connectivity index (χ1) is 14.7. The van der Waals surface area contributed by atoms with E-state index in [1.165, 1.54) is 4.57 Å². The smallest absolute Gasteiger partial charge is 0.343 e. The maximum Gasteiger partial charge on any atom is 0.343 e. The topological polar surface area (TPSA) is 61.2 Å². The quantitative estimate of drug-likeness (QED) is 0.349. The number of benzene rings is 3. The summed E-state index contributed by atoms with van der Waals surface area (Å²) in [6, 6.07) is 22.9. The van der Waals surface area contributed by atoms with Gasteiger partial charge in [0.25, 0.3) is 5.91 Å². The highest BCUT2D eigenvalue weighted by molar-refractivity contribution is 5.98. The summed E-state index contributed by atoms with van der Waals surface area (Å²) in [6.45, 7) is 3.79. The van der Waals surface area contributed by atoms with Crippen LogP contribution in [0.1, 0.15) is 26.3 Å². The highest BCUT2D eigenvalue weighted by Crippen LogP contribution is 2.31. The maximum absolute atomic E-state index is 13.0. The van der Waals surface area contributed by atoms with Crippen molar-refractivity contribution in [1.82, 2.24) is 9.55 Å². The van der Waals surface area contributed by atoms with Crippen LogP contribution in [0.3, 0.4) is 0 Å². The molecular weight excluding hydrogens is 376 g/mol. The van der Waals surface area contributed by atoms with E-state index in [2.05, 4.69) is 11.6 Å². The Kier molecular flexibility index (Phi) is 5.35. The van der Waals surface area contributed by atoms with Gasteiger partial charge in [-0.15, -0.1) is 0 Å². The molecule has 0 N–H and O–H groups in total. The molecule has 0 bridgehead atoms. The summed E-state index contributed by atoms with van der Waals surface area (Å²) in [7, 11) is 0. The zero-order chi connectivity index (χ0) is 20.9. The lowest BCUT2D eigenvalue weighted by Crippen LogP contribution is -2.14. The Bertz CT molecular complexity index is 1210. The van der Waals surface area contributed by atoms with E-state index >= 15 is 0 Å². The molecule has 0 aliphatic carbocycles. The van der Waals surface area contributed by atoms with Gasteiger partial charge in [0, 0.05) is 18.0 Å². The van der Waals surface area contributed by atoms with E-state index in [9.17, 15) is 9.59 Å². The van der Waals surface area contributed by atoms with E-state index in [4.69, 9.17) is 4.74 Å². The SMILES string of the molecule is C=Cc1ccc(OC(=O)c2ccccc2)c(-c2nccn2C(=O)c2ccccc2)c1. The summed E-state index contributed by atoms with van der Waals surface area (Å²) < 4.78 is 7.10. The molecule has 0 aliphatic rings. The fourth-order valence-electron chi connectivity index (χ4n) is 3.06. The first-order valence-corrected chi connectivity index (χ1v) is 9.34. The molecule has 30 heavy (non-hydrogen) atoms. The van der Waals surface area contributed by atoms with Crippen LogP contribution in [-0.2, 0) is 0 Å². The lowest BCUT2D eigenvalue weighted by molar-refractivity contribution is 0.0735. The number of hydrogen-bond acceptors (Lipinski definition) is 4. The van der Waals surface area contributed by atoms with Gasteiger partial charge in [-0.1, -0.05) is 55.1 Å². The summed E-state index contributed by atoms with van der Waals surface area (Å²) in [5, 5.41) is 0. The molecule has 0 spiro atoms. The van der Waals surface area contributed by atoms with E-state index in [0.717, 1.165) is 5.56 Å². The normalized spacial score (nSPS) is 10.4. The number of carbonyl (C=O) groups excluding carboxylic acids is 2. The van der Waals surface area contributed by atoms with E-state index < -0.39 is 5.97 Å². The molecule has 1 aromatic heterocycles. The number of hydrogen-bond donors (Lipinski definition) is 0. The third-order valence-electron chi connectivity index (χ3n) is 4.57. The number of esters is 1. The molecule has 1 heterocycles. The van der Waals surface area contributed by atoms with Crippen LogP contribution in [0.15, 0.2) is 97.8 Å². The number of imidazole rings is 1. The predicted molar refractivity (Wildman–Crippen MR) is 115 cm³/mol. The van der Waals surface area contributed by atoms with Crippen LogP contribution in [0.5, 0.6) is 5.75 Å². The summed E-state index contributed by atoms with van der Waals surface area (Å²) in [5.74, 6) is -0.0330. The average Bonchev–Trinajstić information content (AvgIpc) is 3.29. The molecule has 0 atom stereocenters. The standard InChI is InChI=1S/C25H18N2O3/c1-2-18-13-14-22(30-25(29)20-11-7-4-8-12-20)21(17-18)23-26-15-16-27(23)24(28)19-9-5-3-6-10-19/h2-17H,1H2. The molecule has 0 fully saturated rings. The Balaban J connectivity index is 1.76. The Morgan fingerprint density at radius 1 is 0.900 bits per heavy atom. The molecule has 5 heteroatoms. The van der Waals surface area contributed by atoms with E-state index in [1.54, 1.807) is 85.2 Å². The number of carbonyl (C=O) groups is 2. The minimum absolute atomic E-state index is 0.229. The maximum atomic E-state index is 13.0. The largest absolute Gasteiger partial charge is 0.422 e. The van der Waals surface area contributed by atoms with Crippen molar-refractivity contribution in [3.63, 3.8) is 0 Å². The van der Waals surface area contributed by atoms with E-state index in [-0.39, 0.29) is 5.91 Å². The second-order valence-electron chi connectivity index (χ2n) is 6.51. The summed E-state index contributed by atoms with van der Waals surface area (Å²) >= 11 is 0. The van der Waals surface area contributed by atoms with Crippen molar-refractivity contribution < 1.29 is 14.3 Å². The van der Waals surface area contributed by atoms with Crippen molar-refractivity contribution >= 4 is 18.0 Å². The Morgan fingerprint density at radius 3 is 2.23 bits per heavy atom. The van der Waals surface area contributed by atoms with Gasteiger partial charge in [0.2, 0.25) is 0 Å². The van der Waals surface area contributed by atoms with Gasteiger partial charge in [0.05, 0.1) is 11.1 Å². The van der Waals surface area contributed by atoms with Crippen LogP contribution in [-0.4, -0.2) is 21.4 Å². The fourth-order valence-corrected chi connectivity index (χ4v) is 3.06. The van der Waals surface area contributed by atoms with Crippen LogP contribution in [0, 0.1) is 0 Å². The fraction of sp³-hybridized carbons (Fsp3) is 0. The summed E-state index contributed by atoms with van der Waals surface area (Å²) in [5.41, 5.74) is 2.29. The minimum Gasteiger partial charge on any atom is -0.422 e. The molecule has 0 aliphatic heterocycles. The molecule has 0 radical (unpaired) electrons. The number of nitrogens with zero attached hydrogens (tertiary/aromatic N) is 2. The highest BCUT2D eigenvalue weighted by Gasteiger charge is 2.20. The molecule has 4 rings (SSSR count). The van der Waals surface area contributed by atoms with Gasteiger partial charge >= 0.3 is 5.97 Å². The monoisotopic (exact) mass is 394 g/mol. The molecule has 0 saturated heterocycles. The molecule has 0 saturated carbocycles. The second kappa shape index (κ2) is 8.41. The van der Waals surface area contributed by atoms with Gasteiger partial charge in [0.1, 0.15) is 5.75 Å². The Morgan fingerprint density at radius 2 is 1.57 bits per heavy atom. The zero-order valence-electron chi connectivity index (χ0n) is 16.1. The van der Waals surface area contributed by atoms with Gasteiger partial charge in [0.15, 0.2) is 5.82 Å². The highest BCUT2D eigenvalue weighted by atomic mass is 16.5. The molecule has 3 aromatic carbocycles. The first-order valence-electron chi connectivity index (χ1n) is 9.34. The zero-order valence-corrected chi connectivity index (χ0v) is 16.1. The van der Waals surface area contributed by atoms with Crippen molar-refractivity contribution in [2.45, 2.75) is 0 Å². The molecule has 4 aromatic rings. The van der Waals surface area contributed by atoms with Crippen molar-refractivity contribution in [2.75, 3.05) is 0 Å². The van der Waals surface area contributed by atoms with Gasteiger partial charge < -0.3 is 4.74 Å². The van der Waals surface area contributed by atoms with Crippen molar-refractivity contribution in [1.29, 1.82) is 0 Å². The van der Waals surface area contributed by atoms with E-state index in [0.29, 0.717) is 28.3 Å². The van der Waals surface area contributed by atoms with Crippen LogP contribution < -0.4 is 4.74 Å². The minimum atomic E-state index is -0.490. The van der Waals surface area contributed by atoms with Crippen molar-refractivity contribution in [3.8, 4) is 17.1 Å². The van der Waals surface area contributed by atoms with Crippen molar-refractivity contribution in [2.24, 2.45) is 0 Å².